The Morgan fingerprint density at radius 2 is 1.76 bits per heavy atom. The van der Waals surface area contributed by atoms with Gasteiger partial charge in [0, 0.05) is 44.7 Å². The first-order valence-electron chi connectivity index (χ1n) is 13.3. The van der Waals surface area contributed by atoms with Crippen molar-refractivity contribution in [1.82, 2.24) is 20.0 Å². The molecule has 2 heterocycles. The second-order valence-corrected chi connectivity index (χ2v) is 10.1. The lowest BCUT2D eigenvalue weighted by atomic mass is 10.1. The van der Waals surface area contributed by atoms with Crippen molar-refractivity contribution >= 4 is 17.6 Å². The molecule has 1 aliphatic rings. The van der Waals surface area contributed by atoms with Gasteiger partial charge in [-0.3, -0.25) is 9.59 Å². The van der Waals surface area contributed by atoms with Gasteiger partial charge in [-0.2, -0.15) is 0 Å². The first-order valence-corrected chi connectivity index (χ1v) is 13.3. The minimum Gasteiger partial charge on any atom is -0.497 e. The van der Waals surface area contributed by atoms with E-state index in [9.17, 15) is 9.59 Å². The fourth-order valence-electron chi connectivity index (χ4n) is 4.60. The van der Waals surface area contributed by atoms with Gasteiger partial charge in [0.15, 0.2) is 5.82 Å². The highest BCUT2D eigenvalue weighted by Gasteiger charge is 2.24. The number of methoxy groups -OCH3 is 1. The van der Waals surface area contributed by atoms with Crippen LogP contribution in [0.15, 0.2) is 66.7 Å². The van der Waals surface area contributed by atoms with Gasteiger partial charge in [-0.15, -0.1) is 10.2 Å². The Balaban J connectivity index is 1.38. The summed E-state index contributed by atoms with van der Waals surface area (Å²) in [5.74, 6) is 1.81. The molecule has 8 heteroatoms. The number of nitrogens with zero attached hydrogens (tertiary/aromatic N) is 5. The topological polar surface area (TPSA) is 78.9 Å². The Labute approximate surface area is 225 Å². The average Bonchev–Trinajstić information content (AvgIpc) is 3.19. The minimum atomic E-state index is -0.0145. The Morgan fingerprint density at radius 1 is 0.947 bits per heavy atom. The van der Waals surface area contributed by atoms with Crippen molar-refractivity contribution in [1.29, 1.82) is 0 Å². The monoisotopic (exact) mass is 515 g/mol. The van der Waals surface area contributed by atoms with Gasteiger partial charge in [-0.05, 0) is 42.2 Å². The summed E-state index contributed by atoms with van der Waals surface area (Å²) in [5.41, 5.74) is 2.75. The normalized spacial score (nSPS) is 13.8. The number of ether oxygens (including phenoxy) is 1. The van der Waals surface area contributed by atoms with Crippen molar-refractivity contribution in [3.05, 3.63) is 72.3 Å². The highest BCUT2D eigenvalue weighted by Crippen LogP contribution is 2.23. The maximum Gasteiger partial charge on any atom is 0.242 e. The van der Waals surface area contributed by atoms with Crippen LogP contribution in [-0.4, -0.2) is 71.6 Å². The van der Waals surface area contributed by atoms with E-state index in [2.05, 4.69) is 15.1 Å². The molecule has 1 aromatic heterocycles. The van der Waals surface area contributed by atoms with E-state index in [0.717, 1.165) is 41.4 Å². The molecule has 38 heavy (non-hydrogen) atoms. The molecule has 2 aromatic carbocycles. The number of hydrogen-bond donors (Lipinski definition) is 0. The van der Waals surface area contributed by atoms with E-state index in [1.54, 1.807) is 12.0 Å². The third kappa shape index (κ3) is 7.31. The summed E-state index contributed by atoms with van der Waals surface area (Å²) in [7, 11) is 1.64. The van der Waals surface area contributed by atoms with Crippen LogP contribution >= 0.6 is 0 Å². The molecular formula is C30H37N5O3. The molecule has 0 saturated carbocycles. The molecule has 1 saturated heterocycles. The van der Waals surface area contributed by atoms with Crippen molar-refractivity contribution in [2.45, 2.75) is 33.2 Å². The molecule has 1 aliphatic heterocycles. The number of carbonyl (C=O) groups is 2. The van der Waals surface area contributed by atoms with Gasteiger partial charge in [0.25, 0.3) is 0 Å². The van der Waals surface area contributed by atoms with Gasteiger partial charge >= 0.3 is 0 Å². The molecule has 0 atom stereocenters. The van der Waals surface area contributed by atoms with Crippen LogP contribution in [0.1, 0.15) is 32.3 Å². The van der Waals surface area contributed by atoms with Crippen LogP contribution in [0.3, 0.4) is 0 Å². The summed E-state index contributed by atoms with van der Waals surface area (Å²) in [4.78, 5) is 32.0. The van der Waals surface area contributed by atoms with E-state index in [1.165, 1.54) is 0 Å². The summed E-state index contributed by atoms with van der Waals surface area (Å²) < 4.78 is 5.31. The van der Waals surface area contributed by atoms with Crippen LogP contribution in [0.25, 0.3) is 11.3 Å². The fraction of sp³-hybridized carbons (Fsp3) is 0.400. The van der Waals surface area contributed by atoms with Gasteiger partial charge in [0.05, 0.1) is 12.8 Å². The number of amides is 2. The summed E-state index contributed by atoms with van der Waals surface area (Å²) in [5, 5.41) is 8.91. The highest BCUT2D eigenvalue weighted by molar-refractivity contribution is 5.85. The number of carbonyl (C=O) groups excluding carboxylic acids is 2. The average molecular weight is 516 g/mol. The zero-order valence-electron chi connectivity index (χ0n) is 22.5. The number of rotatable bonds is 9. The second kappa shape index (κ2) is 13.0. The second-order valence-electron chi connectivity index (χ2n) is 10.1. The van der Waals surface area contributed by atoms with Crippen LogP contribution in [-0.2, 0) is 16.1 Å². The van der Waals surface area contributed by atoms with Crippen molar-refractivity contribution in [2.75, 3.05) is 44.7 Å². The quantitative estimate of drug-likeness (QED) is 0.424. The van der Waals surface area contributed by atoms with E-state index in [1.807, 2.05) is 85.5 Å². The third-order valence-corrected chi connectivity index (χ3v) is 6.67. The largest absolute Gasteiger partial charge is 0.497 e. The predicted octanol–water partition coefficient (Wildman–Crippen LogP) is 4.27. The lowest BCUT2D eigenvalue weighted by molar-refractivity contribution is -0.141. The Kier molecular flexibility index (Phi) is 9.30. The van der Waals surface area contributed by atoms with Gasteiger partial charge in [0.2, 0.25) is 11.8 Å². The van der Waals surface area contributed by atoms with Crippen LogP contribution in [0.2, 0.25) is 0 Å². The van der Waals surface area contributed by atoms with Gasteiger partial charge in [0.1, 0.15) is 12.3 Å². The summed E-state index contributed by atoms with van der Waals surface area (Å²) in [6.07, 6.45) is 1.25. The van der Waals surface area contributed by atoms with Crippen LogP contribution in [0.5, 0.6) is 5.75 Å². The van der Waals surface area contributed by atoms with Gasteiger partial charge in [-0.1, -0.05) is 56.3 Å². The van der Waals surface area contributed by atoms with Gasteiger partial charge < -0.3 is 19.4 Å². The molecule has 0 unspecified atom stereocenters. The summed E-state index contributed by atoms with van der Waals surface area (Å²) >= 11 is 0. The van der Waals surface area contributed by atoms with Crippen molar-refractivity contribution in [3.63, 3.8) is 0 Å². The first kappa shape index (κ1) is 27.1. The fourth-order valence-corrected chi connectivity index (χ4v) is 4.60. The van der Waals surface area contributed by atoms with Crippen LogP contribution < -0.4 is 9.64 Å². The van der Waals surface area contributed by atoms with Crippen LogP contribution in [0.4, 0.5) is 5.82 Å². The third-order valence-electron chi connectivity index (χ3n) is 6.67. The molecule has 4 rings (SSSR count). The van der Waals surface area contributed by atoms with Crippen molar-refractivity contribution in [3.8, 4) is 17.0 Å². The molecule has 3 aromatic rings. The predicted molar refractivity (Wildman–Crippen MR) is 149 cm³/mol. The molecule has 200 valence electrons. The lowest BCUT2D eigenvalue weighted by Crippen LogP contribution is -2.44. The molecule has 0 N–H and O–H groups in total. The molecule has 0 radical (unpaired) electrons. The molecule has 1 fully saturated rings. The number of anilines is 1. The number of aromatic nitrogens is 2. The van der Waals surface area contributed by atoms with E-state index in [-0.39, 0.29) is 24.3 Å². The highest BCUT2D eigenvalue weighted by atomic mass is 16.5. The Bertz CT molecular complexity index is 1200. The lowest BCUT2D eigenvalue weighted by Gasteiger charge is -2.27. The van der Waals surface area contributed by atoms with E-state index in [4.69, 9.17) is 4.74 Å². The van der Waals surface area contributed by atoms with E-state index < -0.39 is 0 Å². The minimum absolute atomic E-state index is 0.0139. The first-order chi connectivity index (χ1) is 18.4. The standard InChI is InChI=1S/C30H37N5O3/c1-23(2)19-29(36)35(21-24-9-5-4-6-10-24)22-30(37)34-16-8-15-33(17-18-34)28-14-13-27(31-32-28)25-11-7-12-26(20-25)38-3/h4-7,9-14,20,23H,8,15-19,21-22H2,1-3H3. The maximum absolute atomic E-state index is 13.3. The zero-order valence-corrected chi connectivity index (χ0v) is 22.5. The maximum atomic E-state index is 13.3. The molecular weight excluding hydrogens is 478 g/mol. The summed E-state index contributed by atoms with van der Waals surface area (Å²) in [6.45, 7) is 7.26. The SMILES string of the molecule is COc1cccc(-c2ccc(N3CCCN(C(=O)CN(Cc4ccccc4)C(=O)CC(C)C)CC3)nn2)c1. The molecule has 8 nitrogen and oxygen atoms in total. The Morgan fingerprint density at radius 3 is 2.47 bits per heavy atom. The van der Waals surface area contributed by atoms with Crippen LogP contribution in [0, 0.1) is 5.92 Å². The zero-order chi connectivity index (χ0) is 26.9. The molecule has 0 spiro atoms. The number of hydrogen-bond acceptors (Lipinski definition) is 6. The van der Waals surface area contributed by atoms with Crippen molar-refractivity contribution < 1.29 is 14.3 Å². The Hall–Kier alpha value is -3.94. The van der Waals surface area contributed by atoms with Gasteiger partial charge in [-0.25, -0.2) is 0 Å². The molecule has 2 amide bonds. The summed E-state index contributed by atoms with van der Waals surface area (Å²) in [6, 6.07) is 21.5. The smallest absolute Gasteiger partial charge is 0.242 e. The van der Waals surface area contributed by atoms with E-state index >= 15 is 0 Å². The van der Waals surface area contributed by atoms with E-state index in [0.29, 0.717) is 32.6 Å². The van der Waals surface area contributed by atoms with Crippen molar-refractivity contribution in [2.24, 2.45) is 5.92 Å². The number of benzene rings is 2. The molecule has 0 bridgehead atoms. The molecule has 0 aliphatic carbocycles.